The van der Waals surface area contributed by atoms with Crippen molar-refractivity contribution >= 4 is 28.7 Å². The van der Waals surface area contributed by atoms with E-state index in [9.17, 15) is 0 Å². The van der Waals surface area contributed by atoms with E-state index in [2.05, 4.69) is 140 Å². The van der Waals surface area contributed by atoms with Gasteiger partial charge in [-0.2, -0.15) is 0 Å². The number of hydrogen-bond donors (Lipinski definition) is 0. The van der Waals surface area contributed by atoms with Crippen molar-refractivity contribution in [3.63, 3.8) is 0 Å². The summed E-state index contributed by atoms with van der Waals surface area (Å²) in [5.74, 6) is 0.882. The minimum atomic E-state index is 0.626. The lowest BCUT2D eigenvalue weighted by molar-refractivity contribution is 0.255. The molecule has 0 saturated carbocycles. The fraction of sp³-hybridized carbons (Fsp3) is 0.128. The molecule has 0 aliphatic heterocycles. The minimum absolute atomic E-state index is 0.626. The monoisotopic (exact) mass is 551 g/mol. The average Bonchev–Trinajstić information content (AvgIpc) is 3.03. The Morgan fingerprint density at radius 2 is 1.26 bits per heavy atom. The summed E-state index contributed by atoms with van der Waals surface area (Å²) < 4.78 is 11.0. The minimum Gasteiger partial charge on any atom is -0.501 e. The van der Waals surface area contributed by atoms with Crippen LogP contribution in [-0.4, -0.2) is 13.2 Å². The van der Waals surface area contributed by atoms with E-state index >= 15 is 0 Å². The third kappa shape index (κ3) is 7.18. The van der Waals surface area contributed by atoms with E-state index in [1.165, 1.54) is 23.0 Å². The van der Waals surface area contributed by atoms with Crippen molar-refractivity contribution in [3.05, 3.63) is 168 Å². The molecular formula is C39H37NO2. The summed E-state index contributed by atoms with van der Waals surface area (Å²) in [6.07, 6.45) is 4.59. The Kier molecular flexibility index (Phi) is 9.54. The Bertz CT molecular complexity index is 1590. The normalized spacial score (nSPS) is 11.1. The Morgan fingerprint density at radius 3 is 1.86 bits per heavy atom. The van der Waals surface area contributed by atoms with Gasteiger partial charge in [0.1, 0.15) is 5.75 Å². The van der Waals surface area contributed by atoms with Gasteiger partial charge in [0.2, 0.25) is 0 Å². The van der Waals surface area contributed by atoms with Gasteiger partial charge in [-0.1, -0.05) is 91.0 Å². The second-order valence-electron chi connectivity index (χ2n) is 10.1. The van der Waals surface area contributed by atoms with Crippen molar-refractivity contribution < 1.29 is 9.47 Å². The zero-order valence-corrected chi connectivity index (χ0v) is 24.4. The summed E-state index contributed by atoms with van der Waals surface area (Å²) in [7, 11) is 0. The van der Waals surface area contributed by atoms with E-state index < -0.39 is 0 Å². The van der Waals surface area contributed by atoms with Crippen LogP contribution in [0.1, 0.15) is 34.7 Å². The van der Waals surface area contributed by atoms with E-state index in [0.717, 1.165) is 45.9 Å². The van der Waals surface area contributed by atoms with Crippen LogP contribution in [0, 0.1) is 6.92 Å². The van der Waals surface area contributed by atoms with E-state index in [4.69, 9.17) is 9.47 Å². The van der Waals surface area contributed by atoms with Gasteiger partial charge in [0, 0.05) is 23.5 Å². The van der Waals surface area contributed by atoms with Gasteiger partial charge in [-0.15, -0.1) is 0 Å². The van der Waals surface area contributed by atoms with Crippen LogP contribution in [0.25, 0.3) is 11.6 Å². The molecule has 0 unspecified atom stereocenters. The van der Waals surface area contributed by atoms with Crippen molar-refractivity contribution in [1.82, 2.24) is 0 Å². The molecule has 42 heavy (non-hydrogen) atoms. The first-order valence-corrected chi connectivity index (χ1v) is 14.4. The molecule has 0 N–H and O–H groups in total. The molecule has 3 heteroatoms. The molecule has 5 aromatic carbocycles. The molecule has 0 aliphatic carbocycles. The zero-order valence-electron chi connectivity index (χ0n) is 24.4. The standard InChI is InChI=1S/C39H37NO2/c1-4-41-28-27-31-13-21-36(22-14-31)40(35-19-11-30(3)12-20-35)37-23-15-32(16-24-37)29-39(33-9-7-6-8-10-33)34-17-25-38(26-18-34)42-5-2/h4,6-26,29H,1,5,27-28H2,2-3H3. The first kappa shape index (κ1) is 28.5. The van der Waals surface area contributed by atoms with Crippen LogP contribution < -0.4 is 9.64 Å². The smallest absolute Gasteiger partial charge is 0.119 e. The first-order chi connectivity index (χ1) is 20.6. The topological polar surface area (TPSA) is 21.7 Å². The van der Waals surface area contributed by atoms with Crippen LogP contribution in [0.3, 0.4) is 0 Å². The molecule has 0 atom stereocenters. The highest BCUT2D eigenvalue weighted by atomic mass is 16.5. The molecule has 0 radical (unpaired) electrons. The van der Waals surface area contributed by atoms with Crippen LogP contribution >= 0.6 is 0 Å². The maximum Gasteiger partial charge on any atom is 0.119 e. The highest BCUT2D eigenvalue weighted by molar-refractivity contribution is 5.92. The van der Waals surface area contributed by atoms with Gasteiger partial charge in [-0.25, -0.2) is 0 Å². The van der Waals surface area contributed by atoms with Gasteiger partial charge < -0.3 is 14.4 Å². The van der Waals surface area contributed by atoms with Crippen molar-refractivity contribution in [2.24, 2.45) is 0 Å². The summed E-state index contributed by atoms with van der Waals surface area (Å²) in [6, 6.07) is 45.0. The van der Waals surface area contributed by atoms with Gasteiger partial charge >= 0.3 is 0 Å². The highest BCUT2D eigenvalue weighted by Gasteiger charge is 2.13. The fourth-order valence-electron chi connectivity index (χ4n) is 4.95. The molecule has 0 aromatic heterocycles. The average molecular weight is 552 g/mol. The van der Waals surface area contributed by atoms with E-state index in [0.29, 0.717) is 13.2 Å². The molecule has 0 spiro atoms. The third-order valence-corrected chi connectivity index (χ3v) is 7.14. The first-order valence-electron chi connectivity index (χ1n) is 14.4. The summed E-state index contributed by atoms with van der Waals surface area (Å²) in [4.78, 5) is 2.29. The zero-order chi connectivity index (χ0) is 29.1. The van der Waals surface area contributed by atoms with Gasteiger partial charge in [0.05, 0.1) is 19.5 Å². The maximum atomic E-state index is 5.67. The number of anilines is 3. The largest absolute Gasteiger partial charge is 0.501 e. The predicted molar refractivity (Wildman–Crippen MR) is 177 cm³/mol. The number of aryl methyl sites for hydroxylation is 1. The number of ether oxygens (including phenoxy) is 2. The Labute approximate surface area is 250 Å². The molecule has 0 fully saturated rings. The van der Waals surface area contributed by atoms with Crippen LogP contribution in [0.2, 0.25) is 0 Å². The van der Waals surface area contributed by atoms with Crippen molar-refractivity contribution in [1.29, 1.82) is 0 Å². The number of hydrogen-bond acceptors (Lipinski definition) is 3. The van der Waals surface area contributed by atoms with Gasteiger partial charge in [0.25, 0.3) is 0 Å². The number of benzene rings is 5. The van der Waals surface area contributed by atoms with Crippen molar-refractivity contribution in [2.45, 2.75) is 20.3 Å². The van der Waals surface area contributed by atoms with Crippen LogP contribution in [0.15, 0.2) is 140 Å². The van der Waals surface area contributed by atoms with E-state index in [1.54, 1.807) is 0 Å². The lowest BCUT2D eigenvalue weighted by Crippen LogP contribution is -2.10. The summed E-state index contributed by atoms with van der Waals surface area (Å²) >= 11 is 0. The molecule has 0 amide bonds. The third-order valence-electron chi connectivity index (χ3n) is 7.14. The Morgan fingerprint density at radius 1 is 0.690 bits per heavy atom. The van der Waals surface area contributed by atoms with E-state index in [-0.39, 0.29) is 0 Å². The molecule has 0 saturated heterocycles. The molecule has 0 aliphatic rings. The second-order valence-corrected chi connectivity index (χ2v) is 10.1. The quantitative estimate of drug-likeness (QED) is 0.0875. The lowest BCUT2D eigenvalue weighted by atomic mass is 9.95. The highest BCUT2D eigenvalue weighted by Crippen LogP contribution is 2.35. The Hall–Kier alpha value is -5.02. The lowest BCUT2D eigenvalue weighted by Gasteiger charge is -2.26. The maximum absolute atomic E-state index is 5.67. The van der Waals surface area contributed by atoms with Crippen LogP contribution in [-0.2, 0) is 11.2 Å². The molecule has 0 bridgehead atoms. The summed E-state index contributed by atoms with van der Waals surface area (Å²) in [6.45, 7) is 9.03. The van der Waals surface area contributed by atoms with Crippen molar-refractivity contribution in [3.8, 4) is 5.75 Å². The second kappa shape index (κ2) is 14.0. The molecule has 210 valence electrons. The van der Waals surface area contributed by atoms with E-state index in [1.807, 2.05) is 19.1 Å². The predicted octanol–water partition coefficient (Wildman–Crippen LogP) is 10.2. The molecule has 3 nitrogen and oxygen atoms in total. The molecular weight excluding hydrogens is 514 g/mol. The summed E-state index contributed by atoms with van der Waals surface area (Å²) in [5.41, 5.74) is 10.4. The fourth-order valence-corrected chi connectivity index (χ4v) is 4.95. The summed E-state index contributed by atoms with van der Waals surface area (Å²) in [5, 5.41) is 0. The molecule has 0 heterocycles. The van der Waals surface area contributed by atoms with Crippen LogP contribution in [0.4, 0.5) is 17.1 Å². The van der Waals surface area contributed by atoms with Crippen molar-refractivity contribution in [2.75, 3.05) is 18.1 Å². The number of rotatable bonds is 12. The van der Waals surface area contributed by atoms with Gasteiger partial charge in [-0.3, -0.25) is 0 Å². The Balaban J connectivity index is 1.48. The molecule has 5 rings (SSSR count). The number of nitrogens with zero attached hydrogens (tertiary/aromatic N) is 1. The van der Waals surface area contributed by atoms with Crippen LogP contribution in [0.5, 0.6) is 5.75 Å². The van der Waals surface area contributed by atoms with Gasteiger partial charge in [0.15, 0.2) is 0 Å². The van der Waals surface area contributed by atoms with Gasteiger partial charge in [-0.05, 0) is 96.3 Å². The molecule has 5 aromatic rings. The SMILES string of the molecule is C=COCCc1ccc(N(c2ccc(C)cc2)c2ccc(C=C(c3ccccc3)c3ccc(OCC)cc3)cc2)cc1.